The van der Waals surface area contributed by atoms with Gasteiger partial charge in [0, 0.05) is 65.5 Å². The van der Waals surface area contributed by atoms with Gasteiger partial charge < -0.3 is 9.88 Å². The fourth-order valence-electron chi connectivity index (χ4n) is 3.85. The number of rotatable bonds is 7. The normalized spacial score (nSPS) is 10.9. The van der Waals surface area contributed by atoms with Crippen LogP contribution >= 0.6 is 0 Å². The number of carbonyl (C=O) groups is 1. The molecule has 0 saturated heterocycles. The summed E-state index contributed by atoms with van der Waals surface area (Å²) in [6.45, 7) is 0.396. The third kappa shape index (κ3) is 4.26. The first-order chi connectivity index (χ1) is 16.6. The number of hydrogen-bond donors (Lipinski definition) is 1. The van der Waals surface area contributed by atoms with Gasteiger partial charge in [-0.3, -0.25) is 19.9 Å². The molecule has 3 heterocycles. The molecular formula is C25H20N6O3. The third-order valence-corrected chi connectivity index (χ3v) is 5.52. The molecule has 3 aromatic heterocycles. The van der Waals surface area contributed by atoms with Crippen molar-refractivity contribution in [2.24, 2.45) is 0 Å². The lowest BCUT2D eigenvalue weighted by Crippen LogP contribution is -2.26. The van der Waals surface area contributed by atoms with E-state index in [1.54, 1.807) is 40.0 Å². The molecule has 2 aromatic carbocycles. The molecule has 168 valence electrons. The van der Waals surface area contributed by atoms with Crippen molar-refractivity contribution in [2.75, 3.05) is 0 Å². The van der Waals surface area contributed by atoms with Crippen LogP contribution < -0.4 is 5.32 Å². The van der Waals surface area contributed by atoms with E-state index < -0.39 is 4.92 Å². The molecule has 5 rings (SSSR count). The highest BCUT2D eigenvalue weighted by molar-refractivity contribution is 5.85. The molecule has 0 bridgehead atoms. The summed E-state index contributed by atoms with van der Waals surface area (Å²) in [6.07, 6.45) is 7.08. The van der Waals surface area contributed by atoms with E-state index in [0.717, 1.165) is 28.0 Å². The van der Waals surface area contributed by atoms with Crippen LogP contribution in [0.1, 0.15) is 5.56 Å². The first-order valence-corrected chi connectivity index (χ1v) is 10.6. The lowest BCUT2D eigenvalue weighted by Gasteiger charge is -2.08. The summed E-state index contributed by atoms with van der Waals surface area (Å²) in [5.74, 6) is -0.177. The zero-order chi connectivity index (χ0) is 23.5. The second-order valence-electron chi connectivity index (χ2n) is 7.74. The zero-order valence-corrected chi connectivity index (χ0v) is 18.0. The van der Waals surface area contributed by atoms with Crippen LogP contribution in [0.25, 0.3) is 27.8 Å². The van der Waals surface area contributed by atoms with E-state index in [1.165, 1.54) is 12.1 Å². The molecule has 34 heavy (non-hydrogen) atoms. The van der Waals surface area contributed by atoms with E-state index in [9.17, 15) is 14.9 Å². The number of amides is 1. The van der Waals surface area contributed by atoms with E-state index in [2.05, 4.69) is 10.3 Å². The number of benzene rings is 2. The summed E-state index contributed by atoms with van der Waals surface area (Å²) >= 11 is 0. The topological polar surface area (TPSA) is 108 Å². The van der Waals surface area contributed by atoms with E-state index in [4.69, 9.17) is 5.10 Å². The highest BCUT2D eigenvalue weighted by Gasteiger charge is 2.15. The van der Waals surface area contributed by atoms with Crippen LogP contribution in [0.15, 0.2) is 91.5 Å². The minimum absolute atomic E-state index is 0.0220. The van der Waals surface area contributed by atoms with E-state index >= 15 is 0 Å². The van der Waals surface area contributed by atoms with Crippen LogP contribution in [-0.4, -0.2) is 30.2 Å². The lowest BCUT2D eigenvalue weighted by atomic mass is 10.1. The Morgan fingerprint density at radius 1 is 1.03 bits per heavy atom. The molecule has 9 heteroatoms. The van der Waals surface area contributed by atoms with Crippen LogP contribution in [-0.2, 0) is 17.9 Å². The molecule has 0 saturated carbocycles. The van der Waals surface area contributed by atoms with E-state index in [0.29, 0.717) is 11.9 Å². The quantitative estimate of drug-likeness (QED) is 0.295. The second kappa shape index (κ2) is 8.99. The number of fused-ring (bicyclic) bond motifs is 1. The van der Waals surface area contributed by atoms with Crippen molar-refractivity contribution in [1.29, 1.82) is 0 Å². The predicted molar refractivity (Wildman–Crippen MR) is 127 cm³/mol. The van der Waals surface area contributed by atoms with Gasteiger partial charge in [-0.15, -0.1) is 0 Å². The second-order valence-corrected chi connectivity index (χ2v) is 7.74. The van der Waals surface area contributed by atoms with Gasteiger partial charge in [0.25, 0.3) is 5.69 Å². The van der Waals surface area contributed by atoms with Gasteiger partial charge in [-0.25, -0.2) is 4.68 Å². The van der Waals surface area contributed by atoms with E-state index in [1.807, 2.05) is 48.7 Å². The molecule has 1 N–H and O–H groups in total. The van der Waals surface area contributed by atoms with Crippen LogP contribution in [0.3, 0.4) is 0 Å². The van der Waals surface area contributed by atoms with E-state index in [-0.39, 0.29) is 18.1 Å². The van der Waals surface area contributed by atoms with Gasteiger partial charge in [-0.2, -0.15) is 5.10 Å². The first kappa shape index (κ1) is 21.1. The Balaban J connectivity index is 1.35. The van der Waals surface area contributed by atoms with Gasteiger partial charge >= 0.3 is 0 Å². The maximum atomic E-state index is 12.7. The molecule has 0 aliphatic heterocycles. The average molecular weight is 452 g/mol. The number of hydrogen-bond acceptors (Lipinski definition) is 5. The van der Waals surface area contributed by atoms with Crippen molar-refractivity contribution < 1.29 is 9.72 Å². The number of nitro groups is 1. The van der Waals surface area contributed by atoms with Crippen LogP contribution in [0.2, 0.25) is 0 Å². The molecular weight excluding hydrogens is 432 g/mol. The Morgan fingerprint density at radius 3 is 2.59 bits per heavy atom. The number of aromatic nitrogens is 4. The number of nitrogens with one attached hydrogen (secondary N) is 1. The van der Waals surface area contributed by atoms with Crippen LogP contribution in [0, 0.1) is 10.1 Å². The Bertz CT molecular complexity index is 1470. The molecule has 0 unspecified atom stereocenters. The van der Waals surface area contributed by atoms with Crippen molar-refractivity contribution in [3.05, 3.63) is 107 Å². The maximum Gasteiger partial charge on any atom is 0.270 e. The molecule has 0 aliphatic carbocycles. The third-order valence-electron chi connectivity index (χ3n) is 5.52. The Morgan fingerprint density at radius 2 is 1.82 bits per heavy atom. The average Bonchev–Trinajstić information content (AvgIpc) is 3.48. The molecule has 9 nitrogen and oxygen atoms in total. The molecule has 1 amide bonds. The highest BCUT2D eigenvalue weighted by Crippen LogP contribution is 2.24. The fourth-order valence-corrected chi connectivity index (χ4v) is 3.85. The van der Waals surface area contributed by atoms with Crippen molar-refractivity contribution in [2.45, 2.75) is 13.1 Å². The molecule has 0 fully saturated rings. The standard InChI is InChI=1S/C25H20N6O3/c32-24(17-29-13-10-19-14-22(31(33)34)6-7-23(19)29)27-15-20-16-30(21-4-2-1-3-5-21)28-25(20)18-8-11-26-12-9-18/h1-14,16H,15,17H2,(H,27,32). The lowest BCUT2D eigenvalue weighted by molar-refractivity contribution is -0.384. The molecule has 5 aromatic rings. The van der Waals surface area contributed by atoms with Gasteiger partial charge in [0.2, 0.25) is 5.91 Å². The van der Waals surface area contributed by atoms with Gasteiger partial charge in [-0.05, 0) is 36.4 Å². The van der Waals surface area contributed by atoms with Crippen molar-refractivity contribution in [3.8, 4) is 16.9 Å². The highest BCUT2D eigenvalue weighted by atomic mass is 16.6. The Hall–Kier alpha value is -4.79. The summed E-state index contributed by atoms with van der Waals surface area (Å²) in [5.41, 5.74) is 4.25. The van der Waals surface area contributed by atoms with Crippen LogP contribution in [0.4, 0.5) is 5.69 Å². The molecule has 0 radical (unpaired) electrons. The zero-order valence-electron chi connectivity index (χ0n) is 18.0. The summed E-state index contributed by atoms with van der Waals surface area (Å²) in [6, 6.07) is 19.9. The fraction of sp³-hybridized carbons (Fsp3) is 0.0800. The van der Waals surface area contributed by atoms with Gasteiger partial charge in [0.05, 0.1) is 16.3 Å². The predicted octanol–water partition coefficient (Wildman–Crippen LogP) is 4.11. The van der Waals surface area contributed by atoms with Crippen molar-refractivity contribution in [1.82, 2.24) is 24.6 Å². The smallest absolute Gasteiger partial charge is 0.270 e. The largest absolute Gasteiger partial charge is 0.350 e. The number of non-ortho nitro benzene ring substituents is 1. The number of nitrogens with zero attached hydrogens (tertiary/aromatic N) is 5. The number of pyridine rings is 1. The Labute approximate surface area is 194 Å². The minimum Gasteiger partial charge on any atom is -0.350 e. The maximum absolute atomic E-state index is 12.7. The van der Waals surface area contributed by atoms with Gasteiger partial charge in [-0.1, -0.05) is 18.2 Å². The van der Waals surface area contributed by atoms with Crippen molar-refractivity contribution in [3.63, 3.8) is 0 Å². The van der Waals surface area contributed by atoms with Crippen LogP contribution in [0.5, 0.6) is 0 Å². The summed E-state index contributed by atoms with van der Waals surface area (Å²) in [7, 11) is 0. The minimum atomic E-state index is -0.431. The number of carbonyl (C=O) groups excluding carboxylic acids is 1. The summed E-state index contributed by atoms with van der Waals surface area (Å²) in [4.78, 5) is 27.4. The monoisotopic (exact) mass is 452 g/mol. The summed E-state index contributed by atoms with van der Waals surface area (Å²) < 4.78 is 3.56. The SMILES string of the molecule is O=C(Cn1ccc2cc([N+](=O)[O-])ccc21)NCc1cn(-c2ccccc2)nc1-c1ccncc1. The molecule has 0 aliphatic rings. The molecule has 0 atom stereocenters. The molecule has 0 spiro atoms. The summed E-state index contributed by atoms with van der Waals surface area (Å²) in [5, 5.41) is 19.4. The van der Waals surface area contributed by atoms with Gasteiger partial charge in [0.15, 0.2) is 0 Å². The first-order valence-electron chi connectivity index (χ1n) is 10.6. The number of nitro benzene ring substituents is 1. The van der Waals surface area contributed by atoms with Gasteiger partial charge in [0.1, 0.15) is 6.54 Å². The Kier molecular flexibility index (Phi) is 5.57. The van der Waals surface area contributed by atoms with Crippen molar-refractivity contribution >= 4 is 22.5 Å². The number of para-hydroxylation sites is 1.